The van der Waals surface area contributed by atoms with E-state index in [-0.39, 0.29) is 0 Å². The van der Waals surface area contributed by atoms with Gasteiger partial charge in [-0.05, 0) is 21.9 Å². The summed E-state index contributed by atoms with van der Waals surface area (Å²) in [5.74, 6) is 0. The number of hydrogen-bond donors (Lipinski definition) is 0. The zero-order chi connectivity index (χ0) is 9.97. The Morgan fingerprint density at radius 3 is 2.43 bits per heavy atom. The molecule has 0 aromatic heterocycles. The van der Waals surface area contributed by atoms with Crippen molar-refractivity contribution in [1.82, 2.24) is 0 Å². The molecular formula is C12H10Br2. The topological polar surface area (TPSA) is 0 Å². The number of halogens is 2. The second-order valence-corrected chi connectivity index (χ2v) is 4.36. The van der Waals surface area contributed by atoms with Crippen molar-refractivity contribution >= 4 is 42.6 Å². The summed E-state index contributed by atoms with van der Waals surface area (Å²) in [4.78, 5) is 0. The predicted molar refractivity (Wildman–Crippen MR) is 69.2 cm³/mol. The van der Waals surface area contributed by atoms with E-state index in [1.807, 2.05) is 0 Å². The van der Waals surface area contributed by atoms with Crippen molar-refractivity contribution in [3.63, 3.8) is 0 Å². The van der Waals surface area contributed by atoms with Crippen LogP contribution in [0.15, 0.2) is 36.4 Å². The fourth-order valence-electron chi connectivity index (χ4n) is 1.65. The molecule has 0 heterocycles. The van der Waals surface area contributed by atoms with Gasteiger partial charge in [-0.25, -0.2) is 0 Å². The molecule has 0 unspecified atom stereocenters. The third-order valence-electron chi connectivity index (χ3n) is 2.31. The van der Waals surface area contributed by atoms with Crippen LogP contribution in [0.4, 0.5) is 0 Å². The van der Waals surface area contributed by atoms with E-state index >= 15 is 0 Å². The van der Waals surface area contributed by atoms with Crippen molar-refractivity contribution in [3.8, 4) is 0 Å². The highest BCUT2D eigenvalue weighted by Crippen LogP contribution is 2.24. The van der Waals surface area contributed by atoms with Crippen molar-refractivity contribution in [3.05, 3.63) is 47.5 Å². The molecule has 2 heteroatoms. The van der Waals surface area contributed by atoms with Crippen LogP contribution in [0.1, 0.15) is 11.1 Å². The lowest BCUT2D eigenvalue weighted by Gasteiger charge is -2.06. The molecule has 0 saturated carbocycles. The van der Waals surface area contributed by atoms with E-state index in [9.17, 15) is 0 Å². The summed E-state index contributed by atoms with van der Waals surface area (Å²) in [6, 6.07) is 13.0. The number of fused-ring (bicyclic) bond motifs is 1. The molecule has 0 amide bonds. The minimum absolute atomic E-state index is 0.911. The maximum absolute atomic E-state index is 3.53. The van der Waals surface area contributed by atoms with Gasteiger partial charge in [-0.15, -0.1) is 0 Å². The first kappa shape index (κ1) is 10.2. The quantitative estimate of drug-likeness (QED) is 0.709. The zero-order valence-corrected chi connectivity index (χ0v) is 10.8. The van der Waals surface area contributed by atoms with Crippen LogP contribution in [-0.4, -0.2) is 0 Å². The van der Waals surface area contributed by atoms with Gasteiger partial charge >= 0.3 is 0 Å². The monoisotopic (exact) mass is 312 g/mol. The number of rotatable bonds is 2. The molecule has 0 fully saturated rings. The Bertz CT molecular complexity index is 449. The first-order valence-corrected chi connectivity index (χ1v) is 6.72. The van der Waals surface area contributed by atoms with Crippen molar-refractivity contribution in [2.45, 2.75) is 10.7 Å². The Balaban J connectivity index is 2.73. The summed E-state index contributed by atoms with van der Waals surface area (Å²) < 4.78 is 0. The molecule has 0 N–H and O–H groups in total. The molecule has 0 aliphatic carbocycles. The molecule has 0 aliphatic heterocycles. The second-order valence-electron chi connectivity index (χ2n) is 3.24. The standard InChI is InChI=1S/C12H10Br2/c13-7-9-5-10-3-1-2-4-12(10)11(6-9)8-14/h1-6H,7-8H2. The van der Waals surface area contributed by atoms with Gasteiger partial charge in [-0.3, -0.25) is 0 Å². The smallest absolute Gasteiger partial charge is 0.0289 e. The van der Waals surface area contributed by atoms with Gasteiger partial charge in [0.05, 0.1) is 0 Å². The van der Waals surface area contributed by atoms with Gasteiger partial charge in [0.15, 0.2) is 0 Å². The molecule has 0 saturated heterocycles. The second kappa shape index (κ2) is 4.45. The summed E-state index contributed by atoms with van der Waals surface area (Å²) in [5.41, 5.74) is 2.69. The molecule has 0 spiro atoms. The van der Waals surface area contributed by atoms with E-state index in [1.54, 1.807) is 0 Å². The van der Waals surface area contributed by atoms with E-state index < -0.39 is 0 Å². The third kappa shape index (κ3) is 1.86. The summed E-state index contributed by atoms with van der Waals surface area (Å²) in [7, 11) is 0. The number of alkyl halides is 2. The van der Waals surface area contributed by atoms with Crippen LogP contribution in [0.2, 0.25) is 0 Å². The SMILES string of the molecule is BrCc1cc(CBr)c2ccccc2c1. The summed E-state index contributed by atoms with van der Waals surface area (Å²) in [5, 5.41) is 4.49. The van der Waals surface area contributed by atoms with Crippen molar-refractivity contribution < 1.29 is 0 Å². The fraction of sp³-hybridized carbons (Fsp3) is 0.167. The highest BCUT2D eigenvalue weighted by molar-refractivity contribution is 9.08. The van der Waals surface area contributed by atoms with Crippen molar-refractivity contribution in [2.24, 2.45) is 0 Å². The minimum atomic E-state index is 0.911. The van der Waals surface area contributed by atoms with Gasteiger partial charge in [0.2, 0.25) is 0 Å². The van der Waals surface area contributed by atoms with E-state index in [2.05, 4.69) is 68.3 Å². The molecule has 0 nitrogen and oxygen atoms in total. The van der Waals surface area contributed by atoms with E-state index in [0.29, 0.717) is 0 Å². The van der Waals surface area contributed by atoms with Gasteiger partial charge in [0.25, 0.3) is 0 Å². The lowest BCUT2D eigenvalue weighted by atomic mass is 10.0. The molecule has 0 bridgehead atoms. The minimum Gasteiger partial charge on any atom is -0.0876 e. The number of benzene rings is 2. The van der Waals surface area contributed by atoms with Crippen LogP contribution in [0.25, 0.3) is 10.8 Å². The van der Waals surface area contributed by atoms with Gasteiger partial charge in [-0.1, -0.05) is 68.3 Å². The van der Waals surface area contributed by atoms with E-state index in [0.717, 1.165) is 10.7 Å². The molecule has 0 atom stereocenters. The average molecular weight is 314 g/mol. The Labute approximate surface area is 101 Å². The highest BCUT2D eigenvalue weighted by atomic mass is 79.9. The van der Waals surface area contributed by atoms with Gasteiger partial charge in [-0.2, -0.15) is 0 Å². The Morgan fingerprint density at radius 1 is 0.929 bits per heavy atom. The Kier molecular flexibility index (Phi) is 3.24. The molecule has 14 heavy (non-hydrogen) atoms. The molecule has 2 aromatic rings. The highest BCUT2D eigenvalue weighted by Gasteiger charge is 2.01. The lowest BCUT2D eigenvalue weighted by molar-refractivity contribution is 1.39. The maximum Gasteiger partial charge on any atom is 0.0289 e. The first-order chi connectivity index (χ1) is 6.85. The predicted octanol–water partition coefficient (Wildman–Crippen LogP) is 4.63. The van der Waals surface area contributed by atoms with Gasteiger partial charge < -0.3 is 0 Å². The van der Waals surface area contributed by atoms with Crippen LogP contribution in [0, 0.1) is 0 Å². The van der Waals surface area contributed by atoms with Crippen molar-refractivity contribution in [2.75, 3.05) is 0 Å². The normalized spacial score (nSPS) is 10.7. The molecule has 2 rings (SSSR count). The summed E-state index contributed by atoms with van der Waals surface area (Å²) >= 11 is 7.02. The Hall–Kier alpha value is -0.340. The lowest BCUT2D eigenvalue weighted by Crippen LogP contribution is -1.86. The maximum atomic E-state index is 3.53. The van der Waals surface area contributed by atoms with Gasteiger partial charge in [0.1, 0.15) is 0 Å². The van der Waals surface area contributed by atoms with Crippen molar-refractivity contribution in [1.29, 1.82) is 0 Å². The molecule has 0 aliphatic rings. The zero-order valence-electron chi connectivity index (χ0n) is 7.63. The largest absolute Gasteiger partial charge is 0.0876 e. The molecule has 0 radical (unpaired) electrons. The molecular weight excluding hydrogens is 304 g/mol. The van der Waals surface area contributed by atoms with E-state index in [4.69, 9.17) is 0 Å². The van der Waals surface area contributed by atoms with Crippen LogP contribution in [0.5, 0.6) is 0 Å². The van der Waals surface area contributed by atoms with Crippen LogP contribution >= 0.6 is 31.9 Å². The van der Waals surface area contributed by atoms with E-state index in [1.165, 1.54) is 21.9 Å². The van der Waals surface area contributed by atoms with Crippen LogP contribution in [-0.2, 0) is 10.7 Å². The van der Waals surface area contributed by atoms with Gasteiger partial charge in [0, 0.05) is 10.7 Å². The summed E-state index contributed by atoms with van der Waals surface area (Å²) in [6.45, 7) is 0. The fourth-order valence-corrected chi connectivity index (χ4v) is 2.43. The Morgan fingerprint density at radius 2 is 1.71 bits per heavy atom. The average Bonchev–Trinajstić information content (AvgIpc) is 2.27. The molecule has 2 aromatic carbocycles. The molecule has 72 valence electrons. The third-order valence-corrected chi connectivity index (χ3v) is 3.56. The summed E-state index contributed by atoms with van der Waals surface area (Å²) in [6.07, 6.45) is 0. The first-order valence-electron chi connectivity index (χ1n) is 4.47. The van der Waals surface area contributed by atoms with Crippen LogP contribution in [0.3, 0.4) is 0 Å². The number of hydrogen-bond acceptors (Lipinski definition) is 0. The van der Waals surface area contributed by atoms with Crippen LogP contribution < -0.4 is 0 Å².